The molecule has 0 heterocycles. The number of hydrogen-bond donors (Lipinski definition) is 4. The van der Waals surface area contributed by atoms with Gasteiger partial charge in [0.25, 0.3) is 0 Å². The molecule has 0 saturated heterocycles. The molecule has 9 heteroatoms. The Kier molecular flexibility index (Phi) is 32.9. The summed E-state index contributed by atoms with van der Waals surface area (Å²) in [5.41, 5.74) is 5.34. The van der Waals surface area contributed by atoms with E-state index < -0.39 is 20.0 Å². The van der Waals surface area contributed by atoms with Crippen LogP contribution in [0.3, 0.4) is 0 Å². The smallest absolute Gasteiger partial charge is 0.387 e. The summed E-state index contributed by atoms with van der Waals surface area (Å²) in [5, 5.41) is 13.5. The number of allylic oxidation sites excluding steroid dienone is 13. The van der Waals surface area contributed by atoms with Gasteiger partial charge < -0.3 is 21.1 Å². The van der Waals surface area contributed by atoms with Gasteiger partial charge in [-0.05, 0) is 57.8 Å². The van der Waals surface area contributed by atoms with Crippen molar-refractivity contribution in [2.24, 2.45) is 5.73 Å². The molecule has 0 aliphatic carbocycles. The second kappa shape index (κ2) is 34.5. The molecule has 274 valence electrons. The van der Waals surface area contributed by atoms with E-state index in [4.69, 9.17) is 14.8 Å². The van der Waals surface area contributed by atoms with Crippen molar-refractivity contribution < 1.29 is 28.4 Å². The number of aliphatic hydroxyl groups is 1. The quantitative estimate of drug-likeness (QED) is 0.0314. The van der Waals surface area contributed by atoms with Gasteiger partial charge in [0, 0.05) is 13.0 Å². The number of hydrogen-bond acceptors (Lipinski definition) is 6. The number of phosphoric ester groups is 1. The van der Waals surface area contributed by atoms with Gasteiger partial charge in [-0.2, -0.15) is 0 Å². The number of aliphatic hydroxyl groups excluding tert-OH is 1. The second-order valence-corrected chi connectivity index (χ2v) is 13.1. The van der Waals surface area contributed by atoms with Crippen LogP contribution in [0.1, 0.15) is 123 Å². The van der Waals surface area contributed by atoms with Crippen molar-refractivity contribution in [3.05, 3.63) is 85.1 Å². The molecule has 0 aliphatic rings. The highest BCUT2D eigenvalue weighted by Crippen LogP contribution is 2.43. The van der Waals surface area contributed by atoms with Crippen LogP contribution in [0.4, 0.5) is 0 Å². The maximum Gasteiger partial charge on any atom is 0.472 e. The van der Waals surface area contributed by atoms with E-state index in [0.717, 1.165) is 57.8 Å². The monoisotopic (exact) mass is 690 g/mol. The van der Waals surface area contributed by atoms with Crippen molar-refractivity contribution in [2.75, 3.05) is 19.8 Å². The van der Waals surface area contributed by atoms with Crippen LogP contribution in [-0.4, -0.2) is 47.8 Å². The lowest BCUT2D eigenvalue weighted by Crippen LogP contribution is -2.45. The molecule has 0 spiro atoms. The van der Waals surface area contributed by atoms with Crippen LogP contribution in [0, 0.1) is 0 Å². The van der Waals surface area contributed by atoms with E-state index in [1.54, 1.807) is 6.08 Å². The zero-order chi connectivity index (χ0) is 35.4. The average Bonchev–Trinajstić information content (AvgIpc) is 3.07. The first-order chi connectivity index (χ1) is 23.4. The summed E-state index contributed by atoms with van der Waals surface area (Å²) >= 11 is 0. The van der Waals surface area contributed by atoms with Crippen LogP contribution in [-0.2, 0) is 18.4 Å². The number of amides is 1. The van der Waals surface area contributed by atoms with Gasteiger partial charge in [0.15, 0.2) is 0 Å². The first kappa shape index (κ1) is 45.7. The van der Waals surface area contributed by atoms with E-state index in [1.807, 2.05) is 18.2 Å². The van der Waals surface area contributed by atoms with Gasteiger partial charge in [0.2, 0.25) is 5.91 Å². The van der Waals surface area contributed by atoms with Gasteiger partial charge in [-0.15, -0.1) is 0 Å². The molecular formula is C39H67N2O6P. The zero-order valence-electron chi connectivity index (χ0n) is 29.9. The number of carbonyl (C=O) groups excluding carboxylic acids is 1. The summed E-state index contributed by atoms with van der Waals surface area (Å²) < 4.78 is 21.9. The van der Waals surface area contributed by atoms with Crippen LogP contribution in [0.2, 0.25) is 0 Å². The number of carbonyl (C=O) groups is 1. The minimum Gasteiger partial charge on any atom is -0.387 e. The summed E-state index contributed by atoms with van der Waals surface area (Å²) in [6.07, 6.45) is 45.0. The third kappa shape index (κ3) is 32.2. The fourth-order valence-corrected chi connectivity index (χ4v) is 5.26. The largest absolute Gasteiger partial charge is 0.472 e. The average molecular weight is 691 g/mol. The fraction of sp³-hybridized carbons (Fsp3) is 0.615. The van der Waals surface area contributed by atoms with Gasteiger partial charge in [-0.25, -0.2) is 4.57 Å². The van der Waals surface area contributed by atoms with Crippen LogP contribution in [0.5, 0.6) is 0 Å². The number of phosphoric acid groups is 1. The lowest BCUT2D eigenvalue weighted by Gasteiger charge is -2.23. The maximum absolute atomic E-state index is 12.6. The Morgan fingerprint density at radius 3 is 1.73 bits per heavy atom. The molecule has 0 fully saturated rings. The van der Waals surface area contributed by atoms with E-state index in [-0.39, 0.29) is 32.1 Å². The van der Waals surface area contributed by atoms with Crippen molar-refractivity contribution in [1.82, 2.24) is 5.32 Å². The fourth-order valence-electron chi connectivity index (χ4n) is 4.50. The number of nitrogens with one attached hydrogen (secondary N) is 1. The minimum absolute atomic E-state index is 0.0623. The first-order valence-corrected chi connectivity index (χ1v) is 19.7. The van der Waals surface area contributed by atoms with E-state index in [2.05, 4.69) is 79.9 Å². The van der Waals surface area contributed by atoms with Crippen LogP contribution in [0.25, 0.3) is 0 Å². The molecule has 0 aromatic carbocycles. The normalized spacial score (nSPS) is 15.4. The highest BCUT2D eigenvalue weighted by Gasteiger charge is 2.26. The summed E-state index contributed by atoms with van der Waals surface area (Å²) in [5.74, 6) is -0.283. The minimum atomic E-state index is -4.35. The number of unbranched alkanes of at least 4 members (excludes halogenated alkanes) is 8. The Labute approximate surface area is 292 Å². The Morgan fingerprint density at radius 1 is 0.708 bits per heavy atom. The summed E-state index contributed by atoms with van der Waals surface area (Å²) in [4.78, 5) is 22.5. The lowest BCUT2D eigenvalue weighted by molar-refractivity contribution is -0.122. The Hall–Kier alpha value is -2.32. The Balaban J connectivity index is 4.47. The van der Waals surface area contributed by atoms with Crippen molar-refractivity contribution in [3.63, 3.8) is 0 Å². The molecule has 0 aromatic rings. The molecule has 1 amide bonds. The van der Waals surface area contributed by atoms with E-state index in [9.17, 15) is 19.4 Å². The molecule has 0 bridgehead atoms. The van der Waals surface area contributed by atoms with Gasteiger partial charge in [-0.3, -0.25) is 13.8 Å². The third-order valence-corrected chi connectivity index (χ3v) is 8.22. The molecule has 0 saturated carbocycles. The molecule has 3 unspecified atom stereocenters. The van der Waals surface area contributed by atoms with E-state index in [0.29, 0.717) is 6.42 Å². The molecule has 0 aromatic heterocycles. The second-order valence-electron chi connectivity index (χ2n) is 11.7. The molecule has 0 radical (unpaired) electrons. The van der Waals surface area contributed by atoms with Crippen molar-refractivity contribution in [3.8, 4) is 0 Å². The zero-order valence-corrected chi connectivity index (χ0v) is 30.8. The van der Waals surface area contributed by atoms with Crippen molar-refractivity contribution in [1.29, 1.82) is 0 Å². The van der Waals surface area contributed by atoms with E-state index >= 15 is 0 Å². The third-order valence-electron chi connectivity index (χ3n) is 7.24. The first-order valence-electron chi connectivity index (χ1n) is 18.2. The van der Waals surface area contributed by atoms with Crippen LogP contribution in [0.15, 0.2) is 85.1 Å². The molecule has 8 nitrogen and oxygen atoms in total. The highest BCUT2D eigenvalue weighted by molar-refractivity contribution is 7.47. The number of nitrogens with two attached hydrogens (primary N) is 1. The van der Waals surface area contributed by atoms with Gasteiger partial charge in [-0.1, -0.05) is 144 Å². The lowest BCUT2D eigenvalue weighted by atomic mass is 10.1. The summed E-state index contributed by atoms with van der Waals surface area (Å²) in [6.45, 7) is 3.90. The van der Waals surface area contributed by atoms with Gasteiger partial charge in [0.05, 0.1) is 25.4 Å². The standard InChI is InChI=1S/C39H67N2O6P/c1-3-5-7-9-11-13-15-16-17-18-19-20-21-22-23-25-27-29-31-33-39(43)41-37(36-47-48(44,45)46-35-34-40)38(42)32-30-28-26-24-14-12-10-8-6-4-2/h5,7,11,13,16-17,19-20,22-23,27,29-30,32,37-38,42H,3-4,6,8-10,12,14-15,18,21,24-26,28,31,33-36,40H2,1-2H3,(H,41,43)(H,44,45)/b7-5-,13-11-,17-16-,20-19-,23-22-,29-27-,32-30+. The molecule has 3 atom stereocenters. The topological polar surface area (TPSA) is 131 Å². The Bertz CT molecular complexity index is 1020. The highest BCUT2D eigenvalue weighted by atomic mass is 31.2. The van der Waals surface area contributed by atoms with Gasteiger partial charge in [0.1, 0.15) is 0 Å². The predicted octanol–water partition coefficient (Wildman–Crippen LogP) is 9.49. The molecule has 5 N–H and O–H groups in total. The van der Waals surface area contributed by atoms with E-state index in [1.165, 1.54) is 38.5 Å². The Morgan fingerprint density at radius 2 is 1.21 bits per heavy atom. The molecule has 0 rings (SSSR count). The SMILES string of the molecule is CC/C=C\C/C=C\C/C=C\C/C=C\C/C=C\C/C=C\CCC(=O)NC(COP(=O)(O)OCCN)C(O)/C=C/CCCCCCCCCC. The number of rotatable bonds is 32. The van der Waals surface area contributed by atoms with Crippen LogP contribution < -0.4 is 11.1 Å². The van der Waals surface area contributed by atoms with Crippen molar-refractivity contribution in [2.45, 2.75) is 135 Å². The molecule has 48 heavy (non-hydrogen) atoms. The van der Waals surface area contributed by atoms with Gasteiger partial charge >= 0.3 is 7.82 Å². The summed E-state index contributed by atoms with van der Waals surface area (Å²) in [7, 11) is -4.35. The predicted molar refractivity (Wildman–Crippen MR) is 203 cm³/mol. The molecule has 0 aliphatic heterocycles. The van der Waals surface area contributed by atoms with Crippen LogP contribution >= 0.6 is 7.82 Å². The summed E-state index contributed by atoms with van der Waals surface area (Å²) in [6, 6.07) is -0.903. The molecular weight excluding hydrogens is 623 g/mol. The van der Waals surface area contributed by atoms with Crippen molar-refractivity contribution >= 4 is 13.7 Å². The maximum atomic E-state index is 12.6.